The minimum atomic E-state index is -0.856. The van der Waals surface area contributed by atoms with Gasteiger partial charge in [-0.1, -0.05) is 0 Å². The largest absolute Gasteiger partial charge is 0.481 e. The van der Waals surface area contributed by atoms with Gasteiger partial charge >= 0.3 is 12.0 Å². The van der Waals surface area contributed by atoms with Crippen LogP contribution < -0.4 is 5.32 Å². The predicted molar refractivity (Wildman–Crippen MR) is 75.5 cm³/mol. The van der Waals surface area contributed by atoms with Gasteiger partial charge in [0.05, 0.1) is 6.10 Å². The lowest BCUT2D eigenvalue weighted by Crippen LogP contribution is -2.52. The maximum atomic E-state index is 12.1. The third kappa shape index (κ3) is 5.36. The highest BCUT2D eigenvalue weighted by Gasteiger charge is 2.28. The molecule has 0 aromatic heterocycles. The number of amides is 2. The number of aliphatic carboxylic acids is 1. The molecule has 3 N–H and O–H groups in total. The average Bonchev–Trinajstić information content (AvgIpc) is 2.36. The molecule has 0 saturated carbocycles. The molecule has 1 aliphatic rings. The van der Waals surface area contributed by atoms with Crippen molar-refractivity contribution in [2.45, 2.75) is 58.1 Å². The van der Waals surface area contributed by atoms with Crippen molar-refractivity contribution in [3.05, 3.63) is 0 Å². The summed E-state index contributed by atoms with van der Waals surface area (Å²) in [6.07, 6.45) is 1.73. The third-order valence-electron chi connectivity index (χ3n) is 3.92. The van der Waals surface area contributed by atoms with E-state index < -0.39 is 11.5 Å². The van der Waals surface area contributed by atoms with Gasteiger partial charge in [0.15, 0.2) is 0 Å². The second-order valence-electron chi connectivity index (χ2n) is 6.27. The Balaban J connectivity index is 2.41. The summed E-state index contributed by atoms with van der Waals surface area (Å²) in [6, 6.07) is -0.149. The zero-order chi connectivity index (χ0) is 15.3. The van der Waals surface area contributed by atoms with Crippen molar-refractivity contribution in [1.82, 2.24) is 10.2 Å². The highest BCUT2D eigenvalue weighted by atomic mass is 16.4. The molecule has 116 valence electrons. The van der Waals surface area contributed by atoms with E-state index in [9.17, 15) is 14.7 Å². The molecule has 0 aliphatic carbocycles. The first kappa shape index (κ1) is 16.8. The van der Waals surface area contributed by atoms with E-state index in [4.69, 9.17) is 5.11 Å². The van der Waals surface area contributed by atoms with Crippen LogP contribution >= 0.6 is 0 Å². The Morgan fingerprint density at radius 3 is 2.35 bits per heavy atom. The van der Waals surface area contributed by atoms with Crippen LogP contribution in [0.15, 0.2) is 0 Å². The second-order valence-corrected chi connectivity index (χ2v) is 6.27. The van der Waals surface area contributed by atoms with Crippen molar-refractivity contribution in [2.75, 3.05) is 13.1 Å². The quantitative estimate of drug-likeness (QED) is 0.713. The van der Waals surface area contributed by atoms with Crippen molar-refractivity contribution in [2.24, 2.45) is 5.92 Å². The summed E-state index contributed by atoms with van der Waals surface area (Å²) in [6.45, 7) is 6.72. The van der Waals surface area contributed by atoms with E-state index in [-0.39, 0.29) is 24.5 Å². The fourth-order valence-electron chi connectivity index (χ4n) is 2.44. The van der Waals surface area contributed by atoms with Crippen LogP contribution in [0.4, 0.5) is 4.79 Å². The SMILES string of the molecule is CC(O)C1CCN(C(=O)NC(C)(C)CCC(=O)O)CC1. The highest BCUT2D eigenvalue weighted by molar-refractivity contribution is 5.75. The Labute approximate surface area is 120 Å². The lowest BCUT2D eigenvalue weighted by Gasteiger charge is -2.36. The van der Waals surface area contributed by atoms with Crippen molar-refractivity contribution in [3.8, 4) is 0 Å². The summed E-state index contributed by atoms with van der Waals surface area (Å²) in [5.74, 6) is -0.593. The monoisotopic (exact) mass is 286 g/mol. The Kier molecular flexibility index (Phi) is 5.80. The van der Waals surface area contributed by atoms with Crippen molar-refractivity contribution in [3.63, 3.8) is 0 Å². The van der Waals surface area contributed by atoms with Gasteiger partial charge in [-0.25, -0.2) is 4.79 Å². The number of aliphatic hydroxyl groups excluding tert-OH is 1. The molecular formula is C14H26N2O4. The smallest absolute Gasteiger partial charge is 0.317 e. The highest BCUT2D eigenvalue weighted by Crippen LogP contribution is 2.21. The van der Waals surface area contributed by atoms with E-state index in [1.165, 1.54) is 0 Å². The van der Waals surface area contributed by atoms with Crippen LogP contribution in [0.3, 0.4) is 0 Å². The van der Waals surface area contributed by atoms with E-state index in [0.717, 1.165) is 12.8 Å². The molecule has 1 atom stereocenters. The number of hydrogen-bond donors (Lipinski definition) is 3. The lowest BCUT2D eigenvalue weighted by molar-refractivity contribution is -0.137. The van der Waals surface area contributed by atoms with Gasteiger partial charge in [-0.15, -0.1) is 0 Å². The van der Waals surface area contributed by atoms with Crippen molar-refractivity contribution >= 4 is 12.0 Å². The van der Waals surface area contributed by atoms with Gasteiger partial charge in [0.1, 0.15) is 0 Å². The summed E-state index contributed by atoms with van der Waals surface area (Å²) >= 11 is 0. The first-order valence-corrected chi connectivity index (χ1v) is 7.18. The fourth-order valence-corrected chi connectivity index (χ4v) is 2.44. The maximum Gasteiger partial charge on any atom is 0.317 e. The number of carboxylic acid groups (broad SMARTS) is 1. The van der Waals surface area contributed by atoms with E-state index in [1.807, 2.05) is 13.8 Å². The number of nitrogens with zero attached hydrogens (tertiary/aromatic N) is 1. The number of piperidine rings is 1. The first-order valence-electron chi connectivity index (χ1n) is 7.18. The van der Waals surface area contributed by atoms with Crippen LogP contribution in [-0.4, -0.2) is 51.8 Å². The molecule has 2 amide bonds. The number of aliphatic hydroxyl groups is 1. The Morgan fingerprint density at radius 2 is 1.90 bits per heavy atom. The molecule has 0 aromatic carbocycles. The lowest BCUT2D eigenvalue weighted by atomic mass is 9.92. The zero-order valence-electron chi connectivity index (χ0n) is 12.6. The minimum absolute atomic E-state index is 0.0391. The van der Waals surface area contributed by atoms with Gasteiger partial charge in [0.25, 0.3) is 0 Å². The molecule has 1 rings (SSSR count). The molecule has 0 bridgehead atoms. The van der Waals surface area contributed by atoms with E-state index in [0.29, 0.717) is 19.5 Å². The second kappa shape index (κ2) is 6.92. The van der Waals surface area contributed by atoms with Gasteiger partial charge < -0.3 is 20.4 Å². The Bertz CT molecular complexity index is 347. The van der Waals surface area contributed by atoms with Gasteiger partial charge in [0.2, 0.25) is 0 Å². The topological polar surface area (TPSA) is 89.9 Å². The Hall–Kier alpha value is -1.30. The number of hydrogen-bond acceptors (Lipinski definition) is 3. The van der Waals surface area contributed by atoms with Gasteiger partial charge in [-0.2, -0.15) is 0 Å². The summed E-state index contributed by atoms with van der Waals surface area (Å²) in [5.41, 5.74) is -0.531. The van der Waals surface area contributed by atoms with Gasteiger partial charge in [-0.05, 0) is 46.0 Å². The molecule has 20 heavy (non-hydrogen) atoms. The summed E-state index contributed by atoms with van der Waals surface area (Å²) in [4.78, 5) is 24.5. The predicted octanol–water partition coefficient (Wildman–Crippen LogP) is 1.43. The molecule has 1 fully saturated rings. The first-order chi connectivity index (χ1) is 9.21. The normalized spacial score (nSPS) is 18.7. The van der Waals surface area contributed by atoms with Crippen LogP contribution in [0, 0.1) is 5.92 Å². The third-order valence-corrected chi connectivity index (χ3v) is 3.92. The molecule has 6 nitrogen and oxygen atoms in total. The van der Waals surface area contributed by atoms with Crippen LogP contribution in [0.1, 0.15) is 46.5 Å². The molecule has 1 saturated heterocycles. The van der Waals surface area contributed by atoms with E-state index >= 15 is 0 Å². The van der Waals surface area contributed by atoms with E-state index in [1.54, 1.807) is 11.8 Å². The van der Waals surface area contributed by atoms with Gasteiger partial charge in [-0.3, -0.25) is 4.79 Å². The summed E-state index contributed by atoms with van der Waals surface area (Å²) in [7, 11) is 0. The molecule has 0 radical (unpaired) electrons. The standard InChI is InChI=1S/C14H26N2O4/c1-10(17)11-5-8-16(9-6-11)13(20)15-14(2,3)7-4-12(18)19/h10-11,17H,4-9H2,1-3H3,(H,15,20)(H,18,19). The summed E-state index contributed by atoms with van der Waals surface area (Å²) < 4.78 is 0. The number of carboxylic acids is 1. The number of nitrogens with one attached hydrogen (secondary N) is 1. The molecule has 6 heteroatoms. The molecule has 1 heterocycles. The molecular weight excluding hydrogens is 260 g/mol. The van der Waals surface area contributed by atoms with Gasteiger partial charge in [0, 0.05) is 25.0 Å². The molecule has 0 aromatic rings. The average molecular weight is 286 g/mol. The number of rotatable bonds is 5. The number of carbonyl (C=O) groups excluding carboxylic acids is 1. The van der Waals surface area contributed by atoms with Crippen LogP contribution in [0.2, 0.25) is 0 Å². The van der Waals surface area contributed by atoms with Crippen LogP contribution in [-0.2, 0) is 4.79 Å². The number of likely N-dealkylation sites (tertiary alicyclic amines) is 1. The maximum absolute atomic E-state index is 12.1. The number of urea groups is 1. The zero-order valence-corrected chi connectivity index (χ0v) is 12.6. The molecule has 1 unspecified atom stereocenters. The van der Waals surface area contributed by atoms with Crippen molar-refractivity contribution < 1.29 is 19.8 Å². The van der Waals surface area contributed by atoms with Crippen molar-refractivity contribution in [1.29, 1.82) is 0 Å². The summed E-state index contributed by atoms with van der Waals surface area (Å²) in [5, 5.41) is 21.1. The Morgan fingerprint density at radius 1 is 1.35 bits per heavy atom. The fraction of sp³-hybridized carbons (Fsp3) is 0.857. The van der Waals surface area contributed by atoms with Crippen LogP contribution in [0.5, 0.6) is 0 Å². The van der Waals surface area contributed by atoms with E-state index in [2.05, 4.69) is 5.32 Å². The minimum Gasteiger partial charge on any atom is -0.481 e. The molecule has 1 aliphatic heterocycles. The number of carbonyl (C=O) groups is 2. The van der Waals surface area contributed by atoms with Crippen LogP contribution in [0.25, 0.3) is 0 Å². The molecule has 0 spiro atoms.